The van der Waals surface area contributed by atoms with E-state index in [-0.39, 0.29) is 23.4 Å². The zero-order chi connectivity index (χ0) is 15.3. The van der Waals surface area contributed by atoms with E-state index in [2.05, 4.69) is 22.2 Å². The molecular formula is C13H22N4O3S. The van der Waals surface area contributed by atoms with Crippen LogP contribution in [0.1, 0.15) is 32.6 Å². The van der Waals surface area contributed by atoms with Crippen LogP contribution in [0.3, 0.4) is 0 Å². The number of nitrogens with zero attached hydrogens (tertiary/aromatic N) is 2. The van der Waals surface area contributed by atoms with Gasteiger partial charge in [0, 0.05) is 19.6 Å². The van der Waals surface area contributed by atoms with Gasteiger partial charge in [0.25, 0.3) is 10.0 Å². The van der Waals surface area contributed by atoms with Crippen molar-refractivity contribution in [2.75, 3.05) is 19.6 Å². The Hall–Kier alpha value is -1.41. The van der Waals surface area contributed by atoms with Crippen LogP contribution in [0.15, 0.2) is 17.6 Å². The number of sulfonamides is 1. The molecule has 1 unspecified atom stereocenters. The van der Waals surface area contributed by atoms with Crippen molar-refractivity contribution < 1.29 is 13.2 Å². The number of unbranched alkanes of at least 4 members (excludes halogenated alkanes) is 1. The summed E-state index contributed by atoms with van der Waals surface area (Å²) >= 11 is 0. The minimum absolute atomic E-state index is 0.0482. The zero-order valence-electron chi connectivity index (χ0n) is 12.2. The van der Waals surface area contributed by atoms with Crippen LogP contribution in [-0.4, -0.2) is 48.2 Å². The highest BCUT2D eigenvalue weighted by Gasteiger charge is 2.33. The number of hydrogen-bond acceptors (Lipinski definition) is 4. The van der Waals surface area contributed by atoms with E-state index < -0.39 is 10.0 Å². The molecule has 1 atom stereocenters. The van der Waals surface area contributed by atoms with Crippen molar-refractivity contribution in [3.05, 3.63) is 12.5 Å². The van der Waals surface area contributed by atoms with Crippen molar-refractivity contribution in [2.45, 2.75) is 37.6 Å². The Balaban J connectivity index is 1.99. The molecule has 0 aliphatic carbocycles. The fraction of sp³-hybridized carbons (Fsp3) is 0.692. The van der Waals surface area contributed by atoms with Crippen molar-refractivity contribution in [2.24, 2.45) is 5.92 Å². The number of carbonyl (C=O) groups is 1. The van der Waals surface area contributed by atoms with Crippen LogP contribution >= 0.6 is 0 Å². The van der Waals surface area contributed by atoms with Gasteiger partial charge in [-0.05, 0) is 19.3 Å². The van der Waals surface area contributed by atoms with Crippen molar-refractivity contribution in [3.63, 3.8) is 0 Å². The van der Waals surface area contributed by atoms with Gasteiger partial charge in [0.2, 0.25) is 5.91 Å². The Labute approximate surface area is 125 Å². The molecule has 1 aliphatic heterocycles. The van der Waals surface area contributed by atoms with Crippen LogP contribution in [0.2, 0.25) is 0 Å². The maximum Gasteiger partial charge on any atom is 0.260 e. The summed E-state index contributed by atoms with van der Waals surface area (Å²) in [4.78, 5) is 18.4. The van der Waals surface area contributed by atoms with E-state index in [1.807, 2.05) is 0 Å². The van der Waals surface area contributed by atoms with Crippen molar-refractivity contribution in [1.29, 1.82) is 0 Å². The highest BCUT2D eigenvalue weighted by Crippen LogP contribution is 2.22. The standard InChI is InChI=1S/C13H22N4O3S/c1-2-3-6-15-13(18)11-5-4-7-17(9-11)21(19,20)12-8-14-10-16-12/h8,10-11H,2-7,9H2,1H3,(H,14,16)(H,15,18). The van der Waals surface area contributed by atoms with Crippen molar-refractivity contribution >= 4 is 15.9 Å². The first kappa shape index (κ1) is 16.0. The third kappa shape index (κ3) is 3.82. The number of imidazole rings is 1. The second-order valence-electron chi connectivity index (χ2n) is 5.26. The summed E-state index contributed by atoms with van der Waals surface area (Å²) in [6.45, 7) is 3.39. The summed E-state index contributed by atoms with van der Waals surface area (Å²) in [5.41, 5.74) is 0. The Bertz CT molecular complexity index is 556. The van der Waals surface area contributed by atoms with E-state index in [0.717, 1.165) is 19.3 Å². The van der Waals surface area contributed by atoms with Crippen molar-refractivity contribution in [3.8, 4) is 0 Å². The van der Waals surface area contributed by atoms with Gasteiger partial charge in [0.15, 0.2) is 5.03 Å². The summed E-state index contributed by atoms with van der Waals surface area (Å²) in [6, 6.07) is 0. The number of hydrogen-bond donors (Lipinski definition) is 2. The number of aromatic amines is 1. The van der Waals surface area contributed by atoms with Crippen LogP contribution in [0.4, 0.5) is 0 Å². The van der Waals surface area contributed by atoms with Crippen LogP contribution in [0.25, 0.3) is 0 Å². The summed E-state index contributed by atoms with van der Waals surface area (Å²) in [6.07, 6.45) is 6.01. The normalized spacial score (nSPS) is 20.3. The molecule has 118 valence electrons. The molecule has 7 nitrogen and oxygen atoms in total. The van der Waals surface area contributed by atoms with Crippen LogP contribution < -0.4 is 5.32 Å². The second kappa shape index (κ2) is 7.04. The quantitative estimate of drug-likeness (QED) is 0.757. The fourth-order valence-electron chi connectivity index (χ4n) is 2.43. The van der Waals surface area contributed by atoms with Gasteiger partial charge in [0.05, 0.1) is 18.4 Å². The smallest absolute Gasteiger partial charge is 0.260 e. The summed E-state index contributed by atoms with van der Waals surface area (Å²) in [5.74, 6) is -0.318. The van der Waals surface area contributed by atoms with Gasteiger partial charge in [-0.2, -0.15) is 4.31 Å². The predicted molar refractivity (Wildman–Crippen MR) is 78.0 cm³/mol. The van der Waals surface area contributed by atoms with E-state index in [4.69, 9.17) is 0 Å². The maximum absolute atomic E-state index is 12.4. The predicted octanol–water partition coefficient (Wildman–Crippen LogP) is 0.727. The first-order valence-corrected chi connectivity index (χ1v) is 8.76. The molecule has 1 aliphatic rings. The summed E-state index contributed by atoms with van der Waals surface area (Å²) in [7, 11) is -3.58. The van der Waals surface area contributed by atoms with E-state index >= 15 is 0 Å². The number of carbonyl (C=O) groups excluding carboxylic acids is 1. The lowest BCUT2D eigenvalue weighted by atomic mass is 9.99. The van der Waals surface area contributed by atoms with Gasteiger partial charge in [-0.25, -0.2) is 13.4 Å². The number of aromatic nitrogens is 2. The number of amides is 1. The minimum atomic E-state index is -3.58. The van der Waals surface area contributed by atoms with E-state index in [1.54, 1.807) is 0 Å². The average molecular weight is 314 g/mol. The molecule has 21 heavy (non-hydrogen) atoms. The first-order chi connectivity index (χ1) is 10.1. The lowest BCUT2D eigenvalue weighted by molar-refractivity contribution is -0.126. The van der Waals surface area contributed by atoms with Gasteiger partial charge < -0.3 is 10.3 Å². The highest BCUT2D eigenvalue weighted by atomic mass is 32.2. The second-order valence-corrected chi connectivity index (χ2v) is 7.17. The molecule has 1 amide bonds. The topological polar surface area (TPSA) is 95.2 Å². The van der Waals surface area contributed by atoms with Gasteiger partial charge in [0.1, 0.15) is 0 Å². The fourth-order valence-corrected chi connectivity index (χ4v) is 3.85. The zero-order valence-corrected chi connectivity index (χ0v) is 13.0. The van der Waals surface area contributed by atoms with Crippen LogP contribution in [0, 0.1) is 5.92 Å². The van der Waals surface area contributed by atoms with Gasteiger partial charge in [-0.3, -0.25) is 4.79 Å². The van der Waals surface area contributed by atoms with E-state index in [9.17, 15) is 13.2 Å². The molecule has 0 radical (unpaired) electrons. The molecule has 0 aromatic carbocycles. The van der Waals surface area contributed by atoms with Gasteiger partial charge >= 0.3 is 0 Å². The molecule has 1 saturated heterocycles. The average Bonchev–Trinajstić information content (AvgIpc) is 3.02. The molecule has 0 saturated carbocycles. The molecule has 2 rings (SSSR count). The third-order valence-corrected chi connectivity index (χ3v) is 5.47. The number of H-pyrrole nitrogens is 1. The molecule has 8 heteroatoms. The Morgan fingerprint density at radius 3 is 3.05 bits per heavy atom. The number of nitrogens with one attached hydrogen (secondary N) is 2. The molecule has 0 bridgehead atoms. The van der Waals surface area contributed by atoms with E-state index in [1.165, 1.54) is 16.8 Å². The SMILES string of the molecule is CCCCNC(=O)C1CCCN(S(=O)(=O)c2cnc[nH]2)C1. The lowest BCUT2D eigenvalue weighted by Gasteiger charge is -2.30. The monoisotopic (exact) mass is 314 g/mol. The highest BCUT2D eigenvalue weighted by molar-refractivity contribution is 7.89. The van der Waals surface area contributed by atoms with Crippen molar-refractivity contribution in [1.82, 2.24) is 19.6 Å². The minimum Gasteiger partial charge on any atom is -0.356 e. The first-order valence-electron chi connectivity index (χ1n) is 7.32. The molecule has 2 N–H and O–H groups in total. The van der Waals surface area contributed by atoms with Crippen LogP contribution in [0.5, 0.6) is 0 Å². The summed E-state index contributed by atoms with van der Waals surface area (Å²) in [5, 5.41) is 2.96. The third-order valence-electron chi connectivity index (χ3n) is 3.68. The Kier molecular flexibility index (Phi) is 5.35. The molecule has 0 spiro atoms. The molecule has 1 aromatic rings. The lowest BCUT2D eigenvalue weighted by Crippen LogP contribution is -2.45. The number of piperidine rings is 1. The van der Waals surface area contributed by atoms with Gasteiger partial charge in [-0.1, -0.05) is 13.3 Å². The van der Waals surface area contributed by atoms with Crippen LogP contribution in [-0.2, 0) is 14.8 Å². The molecule has 1 aromatic heterocycles. The maximum atomic E-state index is 12.4. The molecule has 1 fully saturated rings. The Morgan fingerprint density at radius 1 is 1.57 bits per heavy atom. The molecule has 2 heterocycles. The van der Waals surface area contributed by atoms with Gasteiger partial charge in [-0.15, -0.1) is 0 Å². The Morgan fingerprint density at radius 2 is 2.38 bits per heavy atom. The number of rotatable bonds is 6. The van der Waals surface area contributed by atoms with E-state index in [0.29, 0.717) is 19.5 Å². The largest absolute Gasteiger partial charge is 0.356 e. The summed E-state index contributed by atoms with van der Waals surface area (Å²) < 4.78 is 26.2. The molecular weight excluding hydrogens is 292 g/mol.